The van der Waals surface area contributed by atoms with Crippen LogP contribution in [0.15, 0.2) is 6.20 Å². The highest BCUT2D eigenvalue weighted by Gasteiger charge is 2.13. The van der Waals surface area contributed by atoms with Crippen LogP contribution >= 0.6 is 0 Å². The van der Waals surface area contributed by atoms with Crippen LogP contribution in [-0.2, 0) is 6.54 Å². The fourth-order valence-electron chi connectivity index (χ4n) is 2.22. The molecule has 0 saturated carbocycles. The number of nitrogens with one attached hydrogen (secondary N) is 1. The molecule has 0 atom stereocenters. The molecule has 0 amide bonds. The van der Waals surface area contributed by atoms with E-state index in [1.165, 1.54) is 0 Å². The predicted molar refractivity (Wildman–Crippen MR) is 70.3 cm³/mol. The van der Waals surface area contributed by atoms with Crippen molar-refractivity contribution in [3.05, 3.63) is 6.20 Å². The van der Waals surface area contributed by atoms with Gasteiger partial charge in [-0.05, 0) is 0 Å². The summed E-state index contributed by atoms with van der Waals surface area (Å²) in [7, 11) is 3.99. The average Bonchev–Trinajstić information content (AvgIpc) is 2.69. The molecule has 6 nitrogen and oxygen atoms in total. The van der Waals surface area contributed by atoms with Gasteiger partial charge in [0.05, 0.1) is 18.4 Å². The number of aromatic nitrogens is 2. The Morgan fingerprint density at radius 3 is 2.71 bits per heavy atom. The molecule has 3 N–H and O–H groups in total. The van der Waals surface area contributed by atoms with Gasteiger partial charge in [0.2, 0.25) is 0 Å². The first-order chi connectivity index (χ1) is 8.18. The fraction of sp³-hybridized carbons (Fsp3) is 0.727. The Bertz CT molecular complexity index is 353. The van der Waals surface area contributed by atoms with Crippen LogP contribution in [0.25, 0.3) is 0 Å². The third-order valence-corrected chi connectivity index (χ3v) is 3.10. The molecule has 1 aliphatic heterocycles. The van der Waals surface area contributed by atoms with Crippen molar-refractivity contribution in [3.8, 4) is 0 Å². The zero-order chi connectivity index (χ0) is 12.3. The maximum atomic E-state index is 5.90. The number of nitrogens with zero attached hydrogens (tertiary/aromatic N) is 4. The highest BCUT2D eigenvalue weighted by atomic mass is 15.4. The molecule has 0 aliphatic carbocycles. The summed E-state index contributed by atoms with van der Waals surface area (Å²) in [6.07, 6.45) is 1.73. The third kappa shape index (κ3) is 2.89. The summed E-state index contributed by atoms with van der Waals surface area (Å²) in [5.74, 6) is 1.00. The summed E-state index contributed by atoms with van der Waals surface area (Å²) >= 11 is 0. The molecule has 2 rings (SSSR count). The summed E-state index contributed by atoms with van der Waals surface area (Å²) < 4.78 is 1.98. The lowest BCUT2D eigenvalue weighted by atomic mass is 10.3. The zero-order valence-corrected chi connectivity index (χ0v) is 10.7. The minimum atomic E-state index is 0.746. The van der Waals surface area contributed by atoms with Gasteiger partial charge in [-0.2, -0.15) is 5.10 Å². The number of hydrogen-bond acceptors (Lipinski definition) is 5. The molecule has 1 aromatic rings. The molecule has 1 saturated heterocycles. The van der Waals surface area contributed by atoms with Crippen LogP contribution in [0.1, 0.15) is 0 Å². The number of piperazine rings is 1. The second-order valence-electron chi connectivity index (χ2n) is 4.63. The van der Waals surface area contributed by atoms with Crippen molar-refractivity contribution >= 4 is 11.5 Å². The van der Waals surface area contributed by atoms with Crippen molar-refractivity contribution in [2.45, 2.75) is 6.54 Å². The van der Waals surface area contributed by atoms with Gasteiger partial charge in [0.1, 0.15) is 5.82 Å². The van der Waals surface area contributed by atoms with Gasteiger partial charge in [-0.25, -0.2) is 4.68 Å². The van der Waals surface area contributed by atoms with E-state index in [1.54, 1.807) is 6.20 Å². The molecule has 6 heteroatoms. The van der Waals surface area contributed by atoms with Crippen molar-refractivity contribution in [3.63, 3.8) is 0 Å². The lowest BCUT2D eigenvalue weighted by molar-refractivity contribution is 0.229. The molecule has 0 unspecified atom stereocenters. The summed E-state index contributed by atoms with van der Waals surface area (Å²) in [6.45, 7) is 6.33. The molecule has 2 heterocycles. The van der Waals surface area contributed by atoms with Gasteiger partial charge >= 0.3 is 0 Å². The number of anilines is 2. The van der Waals surface area contributed by atoms with Crippen LogP contribution in [0.3, 0.4) is 0 Å². The zero-order valence-electron chi connectivity index (χ0n) is 10.7. The first-order valence-corrected chi connectivity index (χ1v) is 6.10. The minimum Gasteiger partial charge on any atom is -0.394 e. The van der Waals surface area contributed by atoms with Gasteiger partial charge in [0.25, 0.3) is 0 Å². The number of nitrogen functional groups attached to an aromatic ring is 1. The van der Waals surface area contributed by atoms with Gasteiger partial charge in [-0.1, -0.05) is 0 Å². The quantitative estimate of drug-likeness (QED) is 0.736. The molecule has 0 spiro atoms. The van der Waals surface area contributed by atoms with Gasteiger partial charge in [-0.15, -0.1) is 0 Å². The fourth-order valence-corrected chi connectivity index (χ4v) is 2.22. The van der Waals surface area contributed by atoms with E-state index >= 15 is 0 Å². The van der Waals surface area contributed by atoms with E-state index in [1.807, 2.05) is 23.7 Å². The Kier molecular flexibility index (Phi) is 3.86. The van der Waals surface area contributed by atoms with Crippen molar-refractivity contribution < 1.29 is 0 Å². The molecule has 0 aromatic carbocycles. The molecule has 0 radical (unpaired) electrons. The van der Waals surface area contributed by atoms with Crippen molar-refractivity contribution in [2.75, 3.05) is 57.5 Å². The second kappa shape index (κ2) is 5.37. The van der Waals surface area contributed by atoms with E-state index in [0.717, 1.165) is 50.8 Å². The molecule has 17 heavy (non-hydrogen) atoms. The van der Waals surface area contributed by atoms with E-state index in [2.05, 4.69) is 15.3 Å². The molecule has 0 bridgehead atoms. The second-order valence-corrected chi connectivity index (χ2v) is 4.63. The summed E-state index contributed by atoms with van der Waals surface area (Å²) in [4.78, 5) is 4.47. The standard InChI is InChI=1S/C11H22N6/c1-15(2)11-10(12)9-14-17(11)8-7-16-5-3-13-4-6-16/h9,13H,3-8,12H2,1-2H3. The Balaban J connectivity index is 1.94. The molecule has 1 fully saturated rings. The molecule has 1 aromatic heterocycles. The highest BCUT2D eigenvalue weighted by molar-refractivity contribution is 5.61. The third-order valence-electron chi connectivity index (χ3n) is 3.10. The van der Waals surface area contributed by atoms with Crippen LogP contribution in [0.4, 0.5) is 11.5 Å². The van der Waals surface area contributed by atoms with Gasteiger partial charge in [0.15, 0.2) is 0 Å². The molecule has 1 aliphatic rings. The predicted octanol–water partition coefficient (Wildman–Crippen LogP) is -0.563. The summed E-state index contributed by atoms with van der Waals surface area (Å²) in [5.41, 5.74) is 6.65. The van der Waals surface area contributed by atoms with Gasteiger partial charge in [0, 0.05) is 46.8 Å². The Hall–Kier alpha value is -1.27. The van der Waals surface area contributed by atoms with Crippen molar-refractivity contribution in [1.29, 1.82) is 0 Å². The number of hydrogen-bond donors (Lipinski definition) is 2. The first kappa shape index (κ1) is 12.2. The largest absolute Gasteiger partial charge is 0.394 e. The lowest BCUT2D eigenvalue weighted by Gasteiger charge is -2.27. The van der Waals surface area contributed by atoms with E-state index < -0.39 is 0 Å². The van der Waals surface area contributed by atoms with Crippen LogP contribution in [0, 0.1) is 0 Å². The molecular weight excluding hydrogens is 216 g/mol. The summed E-state index contributed by atoms with van der Waals surface area (Å²) in [6, 6.07) is 0. The first-order valence-electron chi connectivity index (χ1n) is 6.10. The minimum absolute atomic E-state index is 0.746. The SMILES string of the molecule is CN(C)c1c(N)cnn1CCN1CCNCC1. The molecule has 96 valence electrons. The van der Waals surface area contributed by atoms with E-state index in [-0.39, 0.29) is 0 Å². The van der Waals surface area contributed by atoms with E-state index in [0.29, 0.717) is 0 Å². The van der Waals surface area contributed by atoms with Crippen LogP contribution in [0.5, 0.6) is 0 Å². The van der Waals surface area contributed by atoms with Gasteiger partial charge < -0.3 is 16.0 Å². The highest BCUT2D eigenvalue weighted by Crippen LogP contribution is 2.19. The Labute approximate surface area is 102 Å². The lowest BCUT2D eigenvalue weighted by Crippen LogP contribution is -2.44. The monoisotopic (exact) mass is 238 g/mol. The van der Waals surface area contributed by atoms with E-state index in [9.17, 15) is 0 Å². The smallest absolute Gasteiger partial charge is 0.149 e. The average molecular weight is 238 g/mol. The normalized spacial score (nSPS) is 17.3. The Morgan fingerprint density at radius 2 is 2.06 bits per heavy atom. The maximum absolute atomic E-state index is 5.90. The number of nitrogens with two attached hydrogens (primary N) is 1. The van der Waals surface area contributed by atoms with Crippen LogP contribution in [0.2, 0.25) is 0 Å². The van der Waals surface area contributed by atoms with Crippen LogP contribution < -0.4 is 16.0 Å². The van der Waals surface area contributed by atoms with Crippen molar-refractivity contribution in [1.82, 2.24) is 20.0 Å². The summed E-state index contributed by atoms with van der Waals surface area (Å²) in [5, 5.41) is 7.68. The van der Waals surface area contributed by atoms with Gasteiger partial charge in [-0.3, -0.25) is 4.90 Å². The topological polar surface area (TPSA) is 62.4 Å². The Morgan fingerprint density at radius 1 is 1.35 bits per heavy atom. The van der Waals surface area contributed by atoms with Crippen molar-refractivity contribution in [2.24, 2.45) is 0 Å². The number of rotatable bonds is 4. The maximum Gasteiger partial charge on any atom is 0.149 e. The van der Waals surface area contributed by atoms with Crippen LogP contribution in [-0.4, -0.2) is 61.5 Å². The molecular formula is C11H22N6. The van der Waals surface area contributed by atoms with E-state index in [4.69, 9.17) is 5.73 Å².